The van der Waals surface area contributed by atoms with Gasteiger partial charge in [-0.15, -0.1) is 5.10 Å². The number of aromatic nitrogens is 4. The summed E-state index contributed by atoms with van der Waals surface area (Å²) in [5.74, 6) is 0.471. The fourth-order valence-corrected chi connectivity index (χ4v) is 3.20. The number of thioether (sulfide) groups is 1. The molecule has 0 aliphatic rings. The van der Waals surface area contributed by atoms with Gasteiger partial charge in [-0.3, -0.25) is 4.79 Å². The molecule has 1 heterocycles. The van der Waals surface area contributed by atoms with Gasteiger partial charge in [0.15, 0.2) is 5.78 Å². The monoisotopic (exact) mass is 406 g/mol. The van der Waals surface area contributed by atoms with E-state index in [9.17, 15) is 13.6 Å². The Morgan fingerprint density at radius 2 is 1.96 bits per heavy atom. The lowest BCUT2D eigenvalue weighted by Crippen LogP contribution is -2.06. The van der Waals surface area contributed by atoms with Crippen molar-refractivity contribution in [3.63, 3.8) is 0 Å². The number of ketones is 1. The van der Waals surface area contributed by atoms with Gasteiger partial charge in [-0.05, 0) is 59.3 Å². The Kier molecular flexibility index (Phi) is 6.19. The molecule has 0 radical (unpaired) electrons. The van der Waals surface area contributed by atoms with Crippen LogP contribution in [0.1, 0.15) is 15.9 Å². The molecule has 0 unspecified atom stereocenters. The van der Waals surface area contributed by atoms with Crippen molar-refractivity contribution in [3.05, 3.63) is 53.6 Å². The van der Waals surface area contributed by atoms with Gasteiger partial charge in [0.25, 0.3) is 0 Å². The van der Waals surface area contributed by atoms with E-state index < -0.39 is 6.61 Å². The maximum atomic E-state index is 12.4. The molecule has 0 saturated heterocycles. The first kappa shape index (κ1) is 19.7. The number of aryl methyl sites for hydroxylation is 1. The van der Waals surface area contributed by atoms with E-state index in [1.165, 1.54) is 28.9 Å². The molecular weight excluding hydrogens is 390 g/mol. The number of benzene rings is 2. The molecule has 0 amide bonds. The quantitative estimate of drug-likeness (QED) is 0.418. The van der Waals surface area contributed by atoms with Gasteiger partial charge in [0.1, 0.15) is 17.2 Å². The van der Waals surface area contributed by atoms with Crippen molar-refractivity contribution in [3.8, 4) is 17.2 Å². The van der Waals surface area contributed by atoms with Crippen LogP contribution in [0.4, 0.5) is 8.78 Å². The molecule has 0 bridgehead atoms. The van der Waals surface area contributed by atoms with E-state index in [4.69, 9.17) is 4.74 Å². The number of Topliss-reactive ketones (excluding diaryl/α,β-unsaturated/α-hetero) is 1. The number of tetrazole rings is 1. The molecule has 0 atom stereocenters. The first-order valence-corrected chi connectivity index (χ1v) is 9.10. The summed E-state index contributed by atoms with van der Waals surface area (Å²) >= 11 is 1.16. The molecule has 3 aromatic rings. The second-order valence-electron chi connectivity index (χ2n) is 5.66. The molecule has 0 spiro atoms. The average Bonchev–Trinajstić information content (AvgIpc) is 3.14. The Labute approximate surface area is 163 Å². The molecule has 146 valence electrons. The Hall–Kier alpha value is -3.01. The fraction of sp³-hybridized carbons (Fsp3) is 0.222. The predicted octanol–water partition coefficient (Wildman–Crippen LogP) is 3.56. The van der Waals surface area contributed by atoms with Gasteiger partial charge in [-0.25, -0.2) is 0 Å². The van der Waals surface area contributed by atoms with Crippen LogP contribution in [-0.2, 0) is 0 Å². The summed E-state index contributed by atoms with van der Waals surface area (Å²) in [6, 6.07) is 11.1. The van der Waals surface area contributed by atoms with Crippen molar-refractivity contribution in [2.45, 2.75) is 18.7 Å². The standard InChI is InChI=1S/C18H16F2N4O3S/c1-11-3-8-16(26-2)14(9-11)24-18(21-22-23-24)28-10-15(25)12-4-6-13(7-5-12)27-17(19)20/h3-9,17H,10H2,1-2H3. The third-order valence-electron chi connectivity index (χ3n) is 3.74. The highest BCUT2D eigenvalue weighted by Gasteiger charge is 2.16. The maximum Gasteiger partial charge on any atom is 0.387 e. The topological polar surface area (TPSA) is 79.1 Å². The van der Waals surface area contributed by atoms with E-state index in [2.05, 4.69) is 20.3 Å². The highest BCUT2D eigenvalue weighted by molar-refractivity contribution is 7.99. The Balaban J connectivity index is 1.72. The van der Waals surface area contributed by atoms with E-state index >= 15 is 0 Å². The van der Waals surface area contributed by atoms with Crippen LogP contribution in [0.2, 0.25) is 0 Å². The van der Waals surface area contributed by atoms with Gasteiger partial charge in [0.05, 0.1) is 12.9 Å². The van der Waals surface area contributed by atoms with Crippen molar-refractivity contribution in [2.24, 2.45) is 0 Å². The summed E-state index contributed by atoms with van der Waals surface area (Å²) in [5, 5.41) is 12.1. The average molecular weight is 406 g/mol. The van der Waals surface area contributed by atoms with Crippen LogP contribution in [-0.4, -0.2) is 45.5 Å². The number of methoxy groups -OCH3 is 1. The van der Waals surface area contributed by atoms with Gasteiger partial charge in [0, 0.05) is 5.56 Å². The molecule has 10 heteroatoms. The molecule has 3 rings (SSSR count). The normalized spacial score (nSPS) is 10.9. The van der Waals surface area contributed by atoms with Crippen LogP contribution >= 0.6 is 11.8 Å². The SMILES string of the molecule is COc1ccc(C)cc1-n1nnnc1SCC(=O)c1ccc(OC(F)F)cc1. The van der Waals surface area contributed by atoms with Crippen molar-refractivity contribution in [2.75, 3.05) is 12.9 Å². The summed E-state index contributed by atoms with van der Waals surface area (Å²) < 4.78 is 35.5. The highest BCUT2D eigenvalue weighted by Crippen LogP contribution is 2.27. The number of ether oxygens (including phenoxy) is 2. The van der Waals surface area contributed by atoms with Crippen LogP contribution in [0.15, 0.2) is 47.6 Å². The highest BCUT2D eigenvalue weighted by atomic mass is 32.2. The van der Waals surface area contributed by atoms with Crippen molar-refractivity contribution >= 4 is 17.5 Å². The Morgan fingerprint density at radius 1 is 1.21 bits per heavy atom. The zero-order valence-electron chi connectivity index (χ0n) is 15.0. The van der Waals surface area contributed by atoms with Gasteiger partial charge in [-0.1, -0.05) is 17.8 Å². The van der Waals surface area contributed by atoms with Gasteiger partial charge >= 0.3 is 6.61 Å². The second-order valence-corrected chi connectivity index (χ2v) is 6.61. The molecule has 2 aromatic carbocycles. The second kappa shape index (κ2) is 8.79. The summed E-state index contributed by atoms with van der Waals surface area (Å²) in [7, 11) is 1.55. The van der Waals surface area contributed by atoms with Gasteiger partial charge < -0.3 is 9.47 Å². The molecule has 0 fully saturated rings. The molecule has 0 aliphatic carbocycles. The number of halogens is 2. The minimum Gasteiger partial charge on any atom is -0.494 e. The van der Waals surface area contributed by atoms with Crippen molar-refractivity contribution in [1.29, 1.82) is 0 Å². The molecule has 0 saturated carbocycles. The minimum atomic E-state index is -2.91. The van der Waals surface area contributed by atoms with Crippen LogP contribution in [0.25, 0.3) is 5.69 Å². The van der Waals surface area contributed by atoms with E-state index in [0.717, 1.165) is 17.3 Å². The first-order chi connectivity index (χ1) is 13.5. The number of hydrogen-bond donors (Lipinski definition) is 0. The van der Waals surface area contributed by atoms with Crippen LogP contribution in [0, 0.1) is 6.92 Å². The number of nitrogens with zero attached hydrogens (tertiary/aromatic N) is 4. The Morgan fingerprint density at radius 3 is 2.64 bits per heavy atom. The van der Waals surface area contributed by atoms with Crippen LogP contribution in [0.3, 0.4) is 0 Å². The predicted molar refractivity (Wildman–Crippen MR) is 98.6 cm³/mol. The first-order valence-electron chi connectivity index (χ1n) is 8.12. The number of carbonyl (C=O) groups is 1. The lowest BCUT2D eigenvalue weighted by atomic mass is 10.1. The zero-order valence-corrected chi connectivity index (χ0v) is 15.8. The summed E-state index contributed by atoms with van der Waals surface area (Å²) in [6.45, 7) is -0.972. The van der Waals surface area contributed by atoms with Crippen LogP contribution < -0.4 is 9.47 Å². The van der Waals surface area contributed by atoms with Crippen LogP contribution in [0.5, 0.6) is 11.5 Å². The third kappa shape index (κ3) is 4.63. The molecule has 7 nitrogen and oxygen atoms in total. The number of alkyl halides is 2. The number of carbonyl (C=O) groups excluding carboxylic acids is 1. The van der Waals surface area contributed by atoms with E-state index in [0.29, 0.717) is 22.2 Å². The number of rotatable bonds is 8. The lowest BCUT2D eigenvalue weighted by Gasteiger charge is -2.10. The zero-order chi connectivity index (χ0) is 20.1. The third-order valence-corrected chi connectivity index (χ3v) is 4.66. The van der Waals surface area contributed by atoms with E-state index in [1.807, 2.05) is 25.1 Å². The smallest absolute Gasteiger partial charge is 0.387 e. The minimum absolute atomic E-state index is 0.00492. The van der Waals surface area contributed by atoms with Gasteiger partial charge in [0.2, 0.25) is 5.16 Å². The summed E-state index contributed by atoms with van der Waals surface area (Å²) in [6.07, 6.45) is 0. The van der Waals surface area contributed by atoms with Crippen molar-refractivity contribution < 1.29 is 23.0 Å². The van der Waals surface area contributed by atoms with Gasteiger partial charge in [-0.2, -0.15) is 13.5 Å². The lowest BCUT2D eigenvalue weighted by molar-refractivity contribution is -0.0498. The molecule has 0 N–H and O–H groups in total. The Bertz CT molecular complexity index is 964. The van der Waals surface area contributed by atoms with E-state index in [1.54, 1.807) is 7.11 Å². The largest absolute Gasteiger partial charge is 0.494 e. The molecule has 1 aromatic heterocycles. The maximum absolute atomic E-state index is 12.4. The molecule has 28 heavy (non-hydrogen) atoms. The summed E-state index contributed by atoms with van der Waals surface area (Å²) in [4.78, 5) is 12.4. The fourth-order valence-electron chi connectivity index (χ4n) is 2.42. The summed E-state index contributed by atoms with van der Waals surface area (Å²) in [5.41, 5.74) is 2.04. The molecular formula is C18H16F2N4O3S. The number of hydrogen-bond acceptors (Lipinski definition) is 7. The molecule has 0 aliphatic heterocycles. The van der Waals surface area contributed by atoms with E-state index in [-0.39, 0.29) is 17.3 Å². The van der Waals surface area contributed by atoms with Crippen molar-refractivity contribution in [1.82, 2.24) is 20.2 Å².